The molecule has 20 heavy (non-hydrogen) atoms. The first kappa shape index (κ1) is 12.9. The number of rotatable bonds is 2. The van der Waals surface area contributed by atoms with E-state index in [1.165, 1.54) is 6.92 Å². The van der Waals surface area contributed by atoms with Crippen LogP contribution in [0.5, 0.6) is 0 Å². The van der Waals surface area contributed by atoms with E-state index in [-0.39, 0.29) is 5.78 Å². The molecule has 0 spiro atoms. The zero-order valence-corrected chi connectivity index (χ0v) is 11.3. The lowest BCUT2D eigenvalue weighted by molar-refractivity contribution is -0.127. The summed E-state index contributed by atoms with van der Waals surface area (Å²) in [5.41, 5.74) is 1.14. The van der Waals surface area contributed by atoms with Gasteiger partial charge in [0.25, 0.3) is 0 Å². The Morgan fingerprint density at radius 2 is 1.80 bits per heavy atom. The Balaban J connectivity index is 2.24. The maximum absolute atomic E-state index is 12.0. The lowest BCUT2D eigenvalue weighted by Gasteiger charge is -2.41. The molecule has 1 aliphatic heterocycles. The monoisotopic (exact) mass is 267 g/mol. The minimum absolute atomic E-state index is 0.0154. The first-order chi connectivity index (χ1) is 9.64. The van der Waals surface area contributed by atoms with Gasteiger partial charge in [0.1, 0.15) is 11.4 Å². The predicted molar refractivity (Wildman–Crippen MR) is 78.5 cm³/mol. The van der Waals surface area contributed by atoms with Crippen molar-refractivity contribution in [3.63, 3.8) is 0 Å². The Kier molecular flexibility index (Phi) is 3.07. The van der Waals surface area contributed by atoms with Crippen LogP contribution < -0.4 is 5.32 Å². The largest absolute Gasteiger partial charge is 0.384 e. The molecule has 3 nitrogen and oxygen atoms in total. The normalized spacial score (nSPS) is 24.6. The van der Waals surface area contributed by atoms with Gasteiger partial charge in [-0.25, -0.2) is 0 Å². The van der Waals surface area contributed by atoms with Crippen LogP contribution in [0.1, 0.15) is 18.1 Å². The third-order valence-corrected chi connectivity index (χ3v) is 4.04. The van der Waals surface area contributed by atoms with Crippen molar-refractivity contribution in [2.75, 3.05) is 11.9 Å². The summed E-state index contributed by atoms with van der Waals surface area (Å²) in [4.78, 5) is 12.0. The van der Waals surface area contributed by atoms with E-state index < -0.39 is 11.5 Å². The van der Waals surface area contributed by atoms with Gasteiger partial charge in [-0.3, -0.25) is 4.79 Å². The highest BCUT2D eigenvalue weighted by molar-refractivity contribution is 5.83. The smallest absolute Gasteiger partial charge is 0.138 e. The molecule has 1 aliphatic rings. The summed E-state index contributed by atoms with van der Waals surface area (Å²) in [5, 5.41) is 14.6. The van der Waals surface area contributed by atoms with Crippen LogP contribution in [0.2, 0.25) is 0 Å². The Hall–Kier alpha value is -2.13. The fraction of sp³-hybridized carbons (Fsp3) is 0.235. The second kappa shape index (κ2) is 4.76. The summed E-state index contributed by atoms with van der Waals surface area (Å²) >= 11 is 0. The minimum Gasteiger partial charge on any atom is -0.384 e. The Labute approximate surface area is 118 Å². The van der Waals surface area contributed by atoms with Gasteiger partial charge in [-0.2, -0.15) is 0 Å². The standard InChI is InChI=1S/C17H17NO2/c1-12(19)15-11-18-16-10-6-5-9-14(16)17(15,20)13-7-3-2-4-8-13/h2-10,15,18,20H,11H2,1H3/t15-,17-/m0/s1. The molecule has 2 atom stereocenters. The second-order valence-corrected chi connectivity index (χ2v) is 5.22. The van der Waals surface area contributed by atoms with Gasteiger partial charge >= 0.3 is 0 Å². The van der Waals surface area contributed by atoms with Gasteiger partial charge in [-0.05, 0) is 18.6 Å². The first-order valence-corrected chi connectivity index (χ1v) is 6.75. The van der Waals surface area contributed by atoms with Crippen LogP contribution in [0.4, 0.5) is 5.69 Å². The molecule has 0 radical (unpaired) electrons. The Morgan fingerprint density at radius 3 is 2.50 bits per heavy atom. The fourth-order valence-electron chi connectivity index (χ4n) is 3.00. The SMILES string of the molecule is CC(=O)[C@@H]1CNc2ccccc2[C@@]1(O)c1ccccc1. The predicted octanol–water partition coefficient (Wildman–Crippen LogP) is 2.55. The summed E-state index contributed by atoms with van der Waals surface area (Å²) in [6.45, 7) is 1.98. The van der Waals surface area contributed by atoms with Crippen LogP contribution in [0.3, 0.4) is 0 Å². The van der Waals surface area contributed by atoms with Crippen molar-refractivity contribution in [2.45, 2.75) is 12.5 Å². The third kappa shape index (κ3) is 1.82. The lowest BCUT2D eigenvalue weighted by Crippen LogP contribution is -2.47. The van der Waals surface area contributed by atoms with Crippen molar-refractivity contribution in [3.05, 3.63) is 65.7 Å². The van der Waals surface area contributed by atoms with E-state index in [1.54, 1.807) is 0 Å². The van der Waals surface area contributed by atoms with Crippen molar-refractivity contribution in [1.29, 1.82) is 0 Å². The minimum atomic E-state index is -1.27. The van der Waals surface area contributed by atoms with E-state index in [1.807, 2.05) is 54.6 Å². The van der Waals surface area contributed by atoms with Crippen molar-refractivity contribution >= 4 is 11.5 Å². The van der Waals surface area contributed by atoms with Gasteiger partial charge in [0.2, 0.25) is 0 Å². The van der Waals surface area contributed by atoms with Gasteiger partial charge < -0.3 is 10.4 Å². The van der Waals surface area contributed by atoms with Crippen LogP contribution in [0.25, 0.3) is 0 Å². The summed E-state index contributed by atoms with van der Waals surface area (Å²) < 4.78 is 0. The molecule has 102 valence electrons. The van der Waals surface area contributed by atoms with E-state index in [9.17, 15) is 9.90 Å². The van der Waals surface area contributed by atoms with Gasteiger partial charge in [0, 0.05) is 17.8 Å². The molecule has 3 heteroatoms. The fourth-order valence-corrected chi connectivity index (χ4v) is 3.00. The van der Waals surface area contributed by atoms with Gasteiger partial charge in [0.05, 0.1) is 5.92 Å². The topological polar surface area (TPSA) is 49.3 Å². The lowest BCUT2D eigenvalue weighted by atomic mass is 9.72. The highest BCUT2D eigenvalue weighted by atomic mass is 16.3. The molecular weight excluding hydrogens is 250 g/mol. The molecule has 0 amide bonds. The number of benzene rings is 2. The van der Waals surface area contributed by atoms with E-state index in [4.69, 9.17) is 0 Å². The number of hydrogen-bond acceptors (Lipinski definition) is 3. The molecule has 0 aliphatic carbocycles. The van der Waals surface area contributed by atoms with E-state index in [0.717, 1.165) is 16.8 Å². The molecule has 0 aromatic heterocycles. The zero-order chi connectivity index (χ0) is 14.2. The molecule has 0 saturated carbocycles. The van der Waals surface area contributed by atoms with Crippen LogP contribution >= 0.6 is 0 Å². The number of nitrogens with one attached hydrogen (secondary N) is 1. The molecule has 0 fully saturated rings. The Bertz CT molecular complexity index is 638. The van der Waals surface area contributed by atoms with E-state index in [0.29, 0.717) is 6.54 Å². The highest BCUT2D eigenvalue weighted by Crippen LogP contribution is 2.43. The first-order valence-electron chi connectivity index (χ1n) is 6.75. The molecule has 3 rings (SSSR count). The van der Waals surface area contributed by atoms with Crippen molar-refractivity contribution in [2.24, 2.45) is 5.92 Å². The zero-order valence-electron chi connectivity index (χ0n) is 11.3. The van der Waals surface area contributed by atoms with Gasteiger partial charge in [-0.15, -0.1) is 0 Å². The van der Waals surface area contributed by atoms with E-state index in [2.05, 4.69) is 5.32 Å². The van der Waals surface area contributed by atoms with Crippen molar-refractivity contribution in [1.82, 2.24) is 0 Å². The summed E-state index contributed by atoms with van der Waals surface area (Å²) in [7, 11) is 0. The molecule has 0 saturated heterocycles. The number of carbonyl (C=O) groups is 1. The van der Waals surface area contributed by atoms with Crippen LogP contribution in [-0.2, 0) is 10.4 Å². The number of hydrogen-bond donors (Lipinski definition) is 2. The van der Waals surface area contributed by atoms with Gasteiger partial charge in [0.15, 0.2) is 0 Å². The van der Waals surface area contributed by atoms with Crippen molar-refractivity contribution in [3.8, 4) is 0 Å². The average molecular weight is 267 g/mol. The van der Waals surface area contributed by atoms with Gasteiger partial charge in [-0.1, -0.05) is 48.5 Å². The second-order valence-electron chi connectivity index (χ2n) is 5.22. The average Bonchev–Trinajstić information content (AvgIpc) is 2.48. The third-order valence-electron chi connectivity index (χ3n) is 4.04. The number of para-hydroxylation sites is 1. The van der Waals surface area contributed by atoms with Crippen LogP contribution in [0, 0.1) is 5.92 Å². The number of carbonyl (C=O) groups excluding carboxylic acids is 1. The van der Waals surface area contributed by atoms with Crippen molar-refractivity contribution < 1.29 is 9.90 Å². The Morgan fingerprint density at radius 1 is 1.15 bits per heavy atom. The van der Waals surface area contributed by atoms with E-state index >= 15 is 0 Å². The number of Topliss-reactive ketones (excluding diaryl/α,β-unsaturated/α-hetero) is 1. The number of ketones is 1. The highest BCUT2D eigenvalue weighted by Gasteiger charge is 2.46. The molecule has 1 heterocycles. The molecule has 2 aromatic carbocycles. The molecule has 0 bridgehead atoms. The molecule has 0 unspecified atom stereocenters. The molecule has 2 aromatic rings. The number of aliphatic hydroxyl groups is 1. The van der Waals surface area contributed by atoms with Crippen LogP contribution in [-0.4, -0.2) is 17.4 Å². The summed E-state index contributed by atoms with van der Waals surface area (Å²) in [5.74, 6) is -0.502. The quantitative estimate of drug-likeness (QED) is 0.879. The molecule has 2 N–H and O–H groups in total. The molecular formula is C17H17NO2. The number of fused-ring (bicyclic) bond motifs is 1. The number of anilines is 1. The maximum Gasteiger partial charge on any atom is 0.138 e. The maximum atomic E-state index is 12.0. The van der Waals surface area contributed by atoms with Crippen LogP contribution in [0.15, 0.2) is 54.6 Å². The summed E-state index contributed by atoms with van der Waals surface area (Å²) in [6, 6.07) is 17.0. The summed E-state index contributed by atoms with van der Waals surface area (Å²) in [6.07, 6.45) is 0.